The minimum absolute atomic E-state index is 0.394. The van der Waals surface area contributed by atoms with Gasteiger partial charge in [0.1, 0.15) is 22.9 Å². The molecule has 0 amide bonds. The summed E-state index contributed by atoms with van der Waals surface area (Å²) in [7, 11) is 1.65. The van der Waals surface area contributed by atoms with Gasteiger partial charge in [-0.25, -0.2) is 9.97 Å². The summed E-state index contributed by atoms with van der Waals surface area (Å²) >= 11 is 0. The zero-order valence-electron chi connectivity index (χ0n) is 13.6. The number of nitrogens with zero attached hydrogens (tertiary/aromatic N) is 4. The molecule has 0 radical (unpaired) electrons. The highest BCUT2D eigenvalue weighted by atomic mass is 16.5. The van der Waals surface area contributed by atoms with Crippen molar-refractivity contribution in [3.63, 3.8) is 0 Å². The number of pyridine rings is 1. The summed E-state index contributed by atoms with van der Waals surface area (Å²) in [5.74, 6) is 1.57. The summed E-state index contributed by atoms with van der Waals surface area (Å²) in [4.78, 5) is 13.5. The van der Waals surface area contributed by atoms with Crippen molar-refractivity contribution in [1.82, 2.24) is 24.7 Å². The van der Waals surface area contributed by atoms with Crippen LogP contribution in [0.4, 0.5) is 5.82 Å². The number of imidazole rings is 1. The van der Waals surface area contributed by atoms with Crippen LogP contribution in [0.5, 0.6) is 5.75 Å². The van der Waals surface area contributed by atoms with Gasteiger partial charge in [-0.1, -0.05) is 0 Å². The predicted molar refractivity (Wildman–Crippen MR) is 92.3 cm³/mol. The first-order valence-corrected chi connectivity index (χ1v) is 8.14. The molecule has 0 aromatic carbocycles. The number of ether oxygens (including phenoxy) is 1. The van der Waals surface area contributed by atoms with E-state index < -0.39 is 0 Å². The van der Waals surface area contributed by atoms with Crippen LogP contribution in [0.2, 0.25) is 0 Å². The lowest BCUT2D eigenvalue weighted by atomic mass is 10.1. The highest BCUT2D eigenvalue weighted by Crippen LogP contribution is 2.22. The fourth-order valence-corrected chi connectivity index (χ4v) is 3.01. The molecule has 0 saturated carbocycles. The van der Waals surface area contributed by atoms with Crippen molar-refractivity contribution >= 4 is 11.5 Å². The van der Waals surface area contributed by atoms with E-state index in [-0.39, 0.29) is 0 Å². The van der Waals surface area contributed by atoms with Gasteiger partial charge in [-0.05, 0) is 31.5 Å². The van der Waals surface area contributed by atoms with Crippen molar-refractivity contribution in [3.05, 3.63) is 36.9 Å². The average molecular weight is 324 g/mol. The van der Waals surface area contributed by atoms with E-state index in [0.717, 1.165) is 48.1 Å². The second-order valence-corrected chi connectivity index (χ2v) is 5.92. The van der Waals surface area contributed by atoms with Crippen LogP contribution >= 0.6 is 0 Å². The number of hydrogen-bond donors (Lipinski definition) is 2. The van der Waals surface area contributed by atoms with Crippen LogP contribution in [-0.2, 0) is 0 Å². The number of fused-ring (bicyclic) bond motifs is 1. The van der Waals surface area contributed by atoms with Gasteiger partial charge in [-0.3, -0.25) is 9.38 Å². The molecule has 0 aliphatic carbocycles. The van der Waals surface area contributed by atoms with Crippen molar-refractivity contribution in [3.8, 4) is 17.1 Å². The van der Waals surface area contributed by atoms with E-state index in [1.165, 1.54) is 6.42 Å². The molecule has 3 aromatic heterocycles. The number of hydrogen-bond acceptors (Lipinski definition) is 6. The van der Waals surface area contributed by atoms with E-state index in [4.69, 9.17) is 9.72 Å². The molecule has 4 heterocycles. The highest BCUT2D eigenvalue weighted by molar-refractivity contribution is 5.61. The maximum absolute atomic E-state index is 5.30. The lowest BCUT2D eigenvalue weighted by molar-refractivity contribution is 0.412. The maximum atomic E-state index is 5.30. The smallest absolute Gasteiger partial charge is 0.145 e. The van der Waals surface area contributed by atoms with Gasteiger partial charge in [0.15, 0.2) is 0 Å². The van der Waals surface area contributed by atoms with Crippen LogP contribution < -0.4 is 15.4 Å². The van der Waals surface area contributed by atoms with Crippen molar-refractivity contribution < 1.29 is 4.74 Å². The average Bonchev–Trinajstić information content (AvgIpc) is 3.06. The molecule has 1 saturated heterocycles. The Kier molecular flexibility index (Phi) is 4.00. The highest BCUT2D eigenvalue weighted by Gasteiger charge is 2.14. The maximum Gasteiger partial charge on any atom is 0.145 e. The van der Waals surface area contributed by atoms with E-state index in [1.54, 1.807) is 19.5 Å². The monoisotopic (exact) mass is 324 g/mol. The molecule has 7 nitrogen and oxygen atoms in total. The molecule has 1 aliphatic rings. The Labute approximate surface area is 140 Å². The van der Waals surface area contributed by atoms with Crippen molar-refractivity contribution in [2.75, 3.05) is 25.5 Å². The van der Waals surface area contributed by atoms with Crippen molar-refractivity contribution in [1.29, 1.82) is 0 Å². The largest absolute Gasteiger partial charge is 0.495 e. The molecule has 7 heteroatoms. The summed E-state index contributed by atoms with van der Waals surface area (Å²) in [6.45, 7) is 2.05. The number of piperidine rings is 1. The molecule has 0 bridgehead atoms. The topological polar surface area (TPSA) is 76.4 Å². The molecule has 124 valence electrons. The molecule has 1 atom stereocenters. The fourth-order valence-electron chi connectivity index (χ4n) is 3.01. The van der Waals surface area contributed by atoms with Gasteiger partial charge < -0.3 is 15.4 Å². The Balaban J connectivity index is 1.65. The van der Waals surface area contributed by atoms with Gasteiger partial charge in [-0.2, -0.15) is 0 Å². The number of anilines is 1. The minimum atomic E-state index is 0.394. The van der Waals surface area contributed by atoms with Gasteiger partial charge in [0.2, 0.25) is 0 Å². The van der Waals surface area contributed by atoms with Gasteiger partial charge >= 0.3 is 0 Å². The molecule has 4 rings (SSSR count). The molecule has 2 N–H and O–H groups in total. The standard InChI is InChI=1S/C17H20N6O/c1-24-13-4-5-17-20-9-15(23(17)11-13)14-8-19-10-16(22-14)21-12-3-2-6-18-7-12/h4-5,8-12,18H,2-3,6-7H2,1H3,(H,21,22)/t12-/m1/s1. The first-order valence-electron chi connectivity index (χ1n) is 8.14. The lowest BCUT2D eigenvalue weighted by Crippen LogP contribution is -2.38. The molecule has 3 aromatic rings. The van der Waals surface area contributed by atoms with Gasteiger partial charge in [0, 0.05) is 12.6 Å². The van der Waals surface area contributed by atoms with Crippen LogP contribution in [0.15, 0.2) is 36.9 Å². The summed E-state index contributed by atoms with van der Waals surface area (Å²) in [6, 6.07) is 4.21. The molecule has 0 spiro atoms. The lowest BCUT2D eigenvalue weighted by Gasteiger charge is -2.24. The Hall–Kier alpha value is -2.67. The third-order valence-corrected chi connectivity index (χ3v) is 4.26. The predicted octanol–water partition coefficient (Wildman–Crippen LogP) is 1.96. The Bertz CT molecular complexity index is 840. The van der Waals surface area contributed by atoms with Crippen molar-refractivity contribution in [2.45, 2.75) is 18.9 Å². The summed E-state index contributed by atoms with van der Waals surface area (Å²) < 4.78 is 7.27. The zero-order chi connectivity index (χ0) is 16.4. The quantitative estimate of drug-likeness (QED) is 0.764. The normalized spacial score (nSPS) is 17.8. The molecule has 1 fully saturated rings. The third-order valence-electron chi connectivity index (χ3n) is 4.26. The van der Waals surface area contributed by atoms with Crippen LogP contribution in [0.1, 0.15) is 12.8 Å². The van der Waals surface area contributed by atoms with Crippen LogP contribution in [0.3, 0.4) is 0 Å². The molecular formula is C17H20N6O. The zero-order valence-corrected chi connectivity index (χ0v) is 13.6. The Morgan fingerprint density at radius 2 is 2.25 bits per heavy atom. The molecular weight excluding hydrogens is 304 g/mol. The first kappa shape index (κ1) is 14.9. The van der Waals surface area contributed by atoms with E-state index in [2.05, 4.69) is 20.6 Å². The minimum Gasteiger partial charge on any atom is -0.495 e. The molecule has 1 aliphatic heterocycles. The van der Waals surface area contributed by atoms with E-state index in [1.807, 2.05) is 28.9 Å². The molecule has 24 heavy (non-hydrogen) atoms. The van der Waals surface area contributed by atoms with E-state index in [9.17, 15) is 0 Å². The van der Waals surface area contributed by atoms with Crippen LogP contribution in [0.25, 0.3) is 17.0 Å². The van der Waals surface area contributed by atoms with E-state index in [0.29, 0.717) is 6.04 Å². The van der Waals surface area contributed by atoms with Crippen LogP contribution in [0, 0.1) is 0 Å². The fraction of sp³-hybridized carbons (Fsp3) is 0.353. The second-order valence-electron chi connectivity index (χ2n) is 5.92. The number of aromatic nitrogens is 4. The third kappa shape index (κ3) is 2.90. The van der Waals surface area contributed by atoms with E-state index >= 15 is 0 Å². The Morgan fingerprint density at radius 1 is 1.29 bits per heavy atom. The summed E-state index contributed by atoms with van der Waals surface area (Å²) in [6.07, 6.45) is 9.56. The first-order chi connectivity index (χ1) is 11.8. The van der Waals surface area contributed by atoms with Crippen LogP contribution in [-0.4, -0.2) is 45.6 Å². The SMILES string of the molecule is COc1ccc2ncc(-c3cncc(N[C@@H]4CCCNC4)n3)n2c1. The number of nitrogens with one attached hydrogen (secondary N) is 2. The second kappa shape index (κ2) is 6.45. The van der Waals surface area contributed by atoms with Gasteiger partial charge in [0.25, 0.3) is 0 Å². The Morgan fingerprint density at radius 3 is 3.08 bits per heavy atom. The van der Waals surface area contributed by atoms with Gasteiger partial charge in [0.05, 0.1) is 37.6 Å². The van der Waals surface area contributed by atoms with Crippen molar-refractivity contribution in [2.24, 2.45) is 0 Å². The number of rotatable bonds is 4. The summed E-state index contributed by atoms with van der Waals surface area (Å²) in [5, 5.41) is 6.86. The summed E-state index contributed by atoms with van der Waals surface area (Å²) in [5.41, 5.74) is 2.52. The molecule has 0 unspecified atom stereocenters. The van der Waals surface area contributed by atoms with Gasteiger partial charge in [-0.15, -0.1) is 0 Å². The number of methoxy groups -OCH3 is 1.